The van der Waals surface area contributed by atoms with E-state index < -0.39 is 15.8 Å². The Hall–Kier alpha value is -1.94. The van der Waals surface area contributed by atoms with Crippen LogP contribution in [0, 0.1) is 0 Å². The summed E-state index contributed by atoms with van der Waals surface area (Å²) in [6.45, 7) is 4.96. The Kier molecular flexibility index (Phi) is 5.18. The first-order valence-corrected chi connectivity index (χ1v) is 11.3. The molecule has 158 valence electrons. The van der Waals surface area contributed by atoms with E-state index in [9.17, 15) is 13.2 Å². The molecule has 9 heteroatoms. The Morgan fingerprint density at radius 3 is 2.38 bits per heavy atom. The molecule has 2 aromatic rings. The molecule has 2 aliphatic heterocycles. The number of sulfonamides is 1. The number of aromatic nitrogens is 1. The lowest BCUT2D eigenvalue weighted by Crippen LogP contribution is -2.47. The first-order valence-electron chi connectivity index (χ1n) is 9.90. The van der Waals surface area contributed by atoms with E-state index in [1.54, 1.807) is 24.3 Å². The van der Waals surface area contributed by atoms with Crippen LogP contribution in [0.15, 0.2) is 29.2 Å². The van der Waals surface area contributed by atoms with Crippen LogP contribution in [0.2, 0.25) is 0 Å². The van der Waals surface area contributed by atoms with Crippen LogP contribution < -0.4 is 0 Å². The molecule has 8 nitrogen and oxygen atoms in total. The fourth-order valence-corrected chi connectivity index (χ4v) is 5.07. The van der Waals surface area contributed by atoms with Crippen LogP contribution >= 0.6 is 0 Å². The summed E-state index contributed by atoms with van der Waals surface area (Å²) >= 11 is 0. The summed E-state index contributed by atoms with van der Waals surface area (Å²) in [5, 5.41) is 0.745. The predicted octanol–water partition coefficient (Wildman–Crippen LogP) is 1.89. The summed E-state index contributed by atoms with van der Waals surface area (Å²) in [4.78, 5) is 15.3. The van der Waals surface area contributed by atoms with Crippen molar-refractivity contribution in [3.05, 3.63) is 30.0 Å². The summed E-state index contributed by atoms with van der Waals surface area (Å²) in [6.07, 6.45) is 1.33. The number of aryl methyl sites for hydroxylation is 1. The topological polar surface area (TPSA) is 81.1 Å². The Morgan fingerprint density at radius 1 is 1.14 bits per heavy atom. The number of carbonyl (C=O) groups is 1. The van der Waals surface area contributed by atoms with Crippen molar-refractivity contribution in [1.82, 2.24) is 13.8 Å². The van der Waals surface area contributed by atoms with Gasteiger partial charge in [0.05, 0.1) is 18.1 Å². The second kappa shape index (κ2) is 7.39. The van der Waals surface area contributed by atoms with Crippen LogP contribution in [0.25, 0.3) is 10.9 Å². The fourth-order valence-electron chi connectivity index (χ4n) is 4.14. The molecule has 0 unspecified atom stereocenters. The van der Waals surface area contributed by atoms with Gasteiger partial charge in [-0.1, -0.05) is 0 Å². The molecule has 4 rings (SSSR count). The van der Waals surface area contributed by atoms with Gasteiger partial charge < -0.3 is 18.9 Å². The van der Waals surface area contributed by atoms with Gasteiger partial charge in [0, 0.05) is 57.5 Å². The standard InChI is InChI=1S/C20H27N3O5S/c1-4-23-17-6-5-16(29(25,26)21(2)3)13-15(17)14-18(23)19(24)22-9-7-20(8-10-22)27-11-12-28-20/h5-6,13-14H,4,7-12H2,1-3H3. The molecular weight excluding hydrogens is 394 g/mol. The lowest BCUT2D eigenvalue weighted by Gasteiger charge is -2.37. The molecule has 0 saturated carbocycles. The van der Waals surface area contributed by atoms with Gasteiger partial charge in [-0.2, -0.15) is 0 Å². The molecule has 0 atom stereocenters. The molecule has 2 saturated heterocycles. The zero-order valence-electron chi connectivity index (χ0n) is 17.1. The first-order chi connectivity index (χ1) is 13.8. The molecule has 0 N–H and O–H groups in total. The largest absolute Gasteiger partial charge is 0.347 e. The molecule has 1 spiro atoms. The number of carbonyl (C=O) groups excluding carboxylic acids is 1. The highest BCUT2D eigenvalue weighted by molar-refractivity contribution is 7.89. The molecule has 1 aromatic carbocycles. The van der Waals surface area contributed by atoms with E-state index >= 15 is 0 Å². The number of nitrogens with zero attached hydrogens (tertiary/aromatic N) is 3. The van der Waals surface area contributed by atoms with Gasteiger partial charge in [-0.25, -0.2) is 12.7 Å². The Labute approximate surface area is 171 Å². The average molecular weight is 422 g/mol. The summed E-state index contributed by atoms with van der Waals surface area (Å²) in [5.74, 6) is -0.572. The van der Waals surface area contributed by atoms with Crippen molar-refractivity contribution in [2.45, 2.75) is 37.0 Å². The van der Waals surface area contributed by atoms with Crippen molar-refractivity contribution in [1.29, 1.82) is 0 Å². The first kappa shape index (κ1) is 20.3. The number of hydrogen-bond donors (Lipinski definition) is 0. The zero-order valence-corrected chi connectivity index (χ0v) is 17.9. The second-order valence-corrected chi connectivity index (χ2v) is 9.83. The number of likely N-dealkylation sites (tertiary alicyclic amines) is 1. The van der Waals surface area contributed by atoms with Gasteiger partial charge >= 0.3 is 0 Å². The molecular formula is C20H27N3O5S. The van der Waals surface area contributed by atoms with Crippen molar-refractivity contribution < 1.29 is 22.7 Å². The number of ether oxygens (including phenoxy) is 2. The molecule has 0 bridgehead atoms. The third-order valence-corrected chi connectivity index (χ3v) is 7.62. The minimum Gasteiger partial charge on any atom is -0.347 e. The Bertz CT molecular complexity index is 1030. The summed E-state index contributed by atoms with van der Waals surface area (Å²) in [5.41, 5.74) is 1.43. The van der Waals surface area contributed by atoms with Gasteiger partial charge in [-0.15, -0.1) is 0 Å². The molecule has 2 fully saturated rings. The predicted molar refractivity (Wildman–Crippen MR) is 108 cm³/mol. The van der Waals surface area contributed by atoms with Crippen LogP contribution in [0.5, 0.6) is 0 Å². The number of fused-ring (bicyclic) bond motifs is 1. The van der Waals surface area contributed by atoms with Crippen molar-refractivity contribution in [2.24, 2.45) is 0 Å². The van der Waals surface area contributed by atoms with Crippen molar-refractivity contribution >= 4 is 26.8 Å². The SMILES string of the molecule is CCn1c(C(=O)N2CCC3(CC2)OCCO3)cc2cc(S(=O)(=O)N(C)C)ccc21. The van der Waals surface area contributed by atoms with Crippen molar-refractivity contribution in [3.8, 4) is 0 Å². The summed E-state index contributed by atoms with van der Waals surface area (Å²) < 4.78 is 39.5. The van der Waals surface area contributed by atoms with Gasteiger partial charge in [-0.3, -0.25) is 4.79 Å². The maximum Gasteiger partial charge on any atom is 0.270 e. The van der Waals surface area contributed by atoms with Crippen molar-refractivity contribution in [2.75, 3.05) is 40.4 Å². The van der Waals surface area contributed by atoms with Crippen LogP contribution in [0.1, 0.15) is 30.3 Å². The number of hydrogen-bond acceptors (Lipinski definition) is 5. The monoisotopic (exact) mass is 421 g/mol. The number of amides is 1. The lowest BCUT2D eigenvalue weighted by atomic mass is 10.0. The van der Waals surface area contributed by atoms with E-state index in [-0.39, 0.29) is 10.8 Å². The highest BCUT2D eigenvalue weighted by atomic mass is 32.2. The molecule has 2 aliphatic rings. The minimum atomic E-state index is -3.53. The second-order valence-electron chi connectivity index (χ2n) is 7.68. The van der Waals surface area contributed by atoms with E-state index in [1.165, 1.54) is 18.4 Å². The summed E-state index contributed by atoms with van der Waals surface area (Å²) in [7, 11) is -0.518. The molecule has 1 aromatic heterocycles. The van der Waals surface area contributed by atoms with E-state index in [0.29, 0.717) is 51.4 Å². The van der Waals surface area contributed by atoms with Gasteiger partial charge in [-0.05, 0) is 31.2 Å². The minimum absolute atomic E-state index is 0.0482. The molecule has 29 heavy (non-hydrogen) atoms. The fraction of sp³-hybridized carbons (Fsp3) is 0.550. The lowest BCUT2D eigenvalue weighted by molar-refractivity contribution is -0.181. The van der Waals surface area contributed by atoms with Crippen molar-refractivity contribution in [3.63, 3.8) is 0 Å². The van der Waals surface area contributed by atoms with E-state index in [2.05, 4.69) is 0 Å². The third-order valence-electron chi connectivity index (χ3n) is 5.81. The van der Waals surface area contributed by atoms with Gasteiger partial charge in [0.1, 0.15) is 5.69 Å². The maximum atomic E-state index is 13.2. The maximum absolute atomic E-state index is 13.2. The number of rotatable bonds is 4. The van der Waals surface area contributed by atoms with Crippen LogP contribution in [0.4, 0.5) is 0 Å². The smallest absolute Gasteiger partial charge is 0.270 e. The average Bonchev–Trinajstić information content (AvgIpc) is 3.31. The molecule has 1 amide bonds. The zero-order chi connectivity index (χ0) is 20.8. The highest BCUT2D eigenvalue weighted by Gasteiger charge is 2.41. The summed E-state index contributed by atoms with van der Waals surface area (Å²) in [6, 6.07) is 6.80. The van der Waals surface area contributed by atoms with Gasteiger partial charge in [0.25, 0.3) is 5.91 Å². The molecule has 0 radical (unpaired) electrons. The normalized spacial score (nSPS) is 19.5. The van der Waals surface area contributed by atoms with E-state index in [4.69, 9.17) is 9.47 Å². The van der Waals surface area contributed by atoms with E-state index in [0.717, 1.165) is 10.9 Å². The van der Waals surface area contributed by atoms with Crippen LogP contribution in [-0.2, 0) is 26.0 Å². The van der Waals surface area contributed by atoms with Gasteiger partial charge in [0.15, 0.2) is 5.79 Å². The number of piperidine rings is 1. The number of benzene rings is 1. The van der Waals surface area contributed by atoms with E-state index in [1.807, 2.05) is 16.4 Å². The quantitative estimate of drug-likeness (QED) is 0.753. The van der Waals surface area contributed by atoms with Gasteiger partial charge in [0.2, 0.25) is 10.0 Å². The molecule has 3 heterocycles. The third kappa shape index (κ3) is 3.46. The van der Waals surface area contributed by atoms with Crippen LogP contribution in [-0.4, -0.2) is 74.3 Å². The Balaban J connectivity index is 1.64. The van der Waals surface area contributed by atoms with Crippen LogP contribution in [0.3, 0.4) is 0 Å². The molecule has 0 aliphatic carbocycles. The highest BCUT2D eigenvalue weighted by Crippen LogP contribution is 2.32. The Morgan fingerprint density at radius 2 is 1.79 bits per heavy atom.